The molecule has 5 nitrogen and oxygen atoms in total. The van der Waals surface area contributed by atoms with Crippen molar-refractivity contribution in [1.82, 2.24) is 13.7 Å². The lowest BCUT2D eigenvalue weighted by molar-refractivity contribution is 1.08. The fourth-order valence-electron chi connectivity index (χ4n) is 11.6. The maximum absolute atomic E-state index is 12.2. The van der Waals surface area contributed by atoms with Gasteiger partial charge in [0, 0.05) is 43.3 Å². The minimum Gasteiger partial charge on any atom is -0.307 e. The van der Waals surface area contributed by atoms with Gasteiger partial charge in [-0.05, 0) is 75.8 Å². The van der Waals surface area contributed by atoms with Crippen LogP contribution < -0.4 is 0 Å². The fourth-order valence-corrected chi connectivity index (χ4v) is 11.6. The van der Waals surface area contributed by atoms with E-state index in [1.165, 1.54) is 16.2 Å². The molecule has 0 amide bonds. The molecule has 0 saturated carbocycles. The average molecular weight is 864 g/mol. The zero-order valence-corrected chi connectivity index (χ0v) is 36.9. The smallest absolute Gasteiger partial charge is 0.104 e. The highest BCUT2D eigenvalue weighted by Gasteiger charge is 2.33. The van der Waals surface area contributed by atoms with Crippen LogP contribution in [0.3, 0.4) is 0 Å². The molecule has 14 rings (SSSR count). The van der Waals surface area contributed by atoms with E-state index in [-0.39, 0.29) is 0 Å². The Hall–Kier alpha value is -9.42. The molecule has 11 aromatic carbocycles. The minimum atomic E-state index is 0.402. The Morgan fingerprint density at radius 2 is 0.632 bits per heavy atom. The van der Waals surface area contributed by atoms with Crippen molar-refractivity contribution in [3.63, 3.8) is 0 Å². The summed E-state index contributed by atoms with van der Waals surface area (Å²) < 4.78 is 6.78. The van der Waals surface area contributed by atoms with Gasteiger partial charge in [-0.25, -0.2) is 0 Å². The highest BCUT2D eigenvalue weighted by Crippen LogP contribution is 2.50. The number of hydrogen-bond acceptors (Lipinski definition) is 2. The third-order valence-electron chi connectivity index (χ3n) is 14.4. The molecule has 0 spiro atoms. The summed E-state index contributed by atoms with van der Waals surface area (Å²) in [6.07, 6.45) is 0. The van der Waals surface area contributed by atoms with E-state index < -0.39 is 0 Å². The molecular formula is C63H37N5. The largest absolute Gasteiger partial charge is 0.307 e. The molecule has 14 aromatic rings. The summed E-state index contributed by atoms with van der Waals surface area (Å²) in [6.45, 7) is 2.09. The average Bonchev–Trinajstić information content (AvgIpc) is 4.04. The van der Waals surface area contributed by atoms with E-state index in [1.54, 1.807) is 0 Å². The number of nitrogens with zero attached hydrogens (tertiary/aromatic N) is 5. The lowest BCUT2D eigenvalue weighted by Crippen LogP contribution is -2.14. The van der Waals surface area contributed by atoms with Crippen LogP contribution in [0.2, 0.25) is 0 Å². The molecule has 0 unspecified atom stereocenters. The van der Waals surface area contributed by atoms with E-state index in [0.717, 1.165) is 98.3 Å². The lowest BCUT2D eigenvalue weighted by atomic mass is 9.91. The lowest BCUT2D eigenvalue weighted by Gasteiger charge is -2.26. The number of aromatic nitrogens is 3. The summed E-state index contributed by atoms with van der Waals surface area (Å²) in [7, 11) is 0. The van der Waals surface area contributed by atoms with E-state index in [4.69, 9.17) is 0 Å². The third-order valence-corrected chi connectivity index (χ3v) is 14.4. The van der Waals surface area contributed by atoms with E-state index in [1.807, 2.05) is 0 Å². The molecule has 0 aliphatic heterocycles. The van der Waals surface area contributed by atoms with Crippen LogP contribution >= 0.6 is 0 Å². The Balaban J connectivity index is 1.28. The quantitative estimate of drug-likeness (QED) is 0.165. The van der Waals surface area contributed by atoms with Crippen LogP contribution in [0.5, 0.6) is 0 Å². The van der Waals surface area contributed by atoms with Crippen molar-refractivity contribution in [2.75, 3.05) is 0 Å². The molecule has 314 valence electrons. The minimum absolute atomic E-state index is 0.402. The van der Waals surface area contributed by atoms with Gasteiger partial charge in [-0.15, -0.1) is 0 Å². The van der Waals surface area contributed by atoms with Crippen molar-refractivity contribution < 1.29 is 0 Å². The van der Waals surface area contributed by atoms with Crippen LogP contribution in [0.4, 0.5) is 0 Å². The van der Waals surface area contributed by atoms with Gasteiger partial charge < -0.3 is 13.7 Å². The SMILES string of the molecule is Cc1ccc(-c2c(-n3c4ccccc4c4ccccc43)c(C#N)c(-n3c4ccccc4c4c5c6ccccc6c6ccccc6c5ccc43)c(C#N)c2-n2c3ccccc3c3ccccc32)cc1. The molecule has 0 saturated heterocycles. The number of hydrogen-bond donors (Lipinski definition) is 0. The van der Waals surface area contributed by atoms with E-state index in [0.29, 0.717) is 28.2 Å². The zero-order valence-electron chi connectivity index (χ0n) is 36.9. The number of aryl methyl sites for hydroxylation is 1. The Labute approximate surface area is 390 Å². The van der Waals surface area contributed by atoms with E-state index >= 15 is 0 Å². The van der Waals surface area contributed by atoms with Gasteiger partial charge in [0.15, 0.2) is 0 Å². The van der Waals surface area contributed by atoms with Crippen LogP contribution in [0.25, 0.3) is 126 Å². The summed E-state index contributed by atoms with van der Waals surface area (Å²) in [5.74, 6) is 0. The van der Waals surface area contributed by atoms with Gasteiger partial charge in [0.05, 0.1) is 50.2 Å². The molecule has 68 heavy (non-hydrogen) atoms. The Kier molecular flexibility index (Phi) is 7.97. The molecule has 5 heteroatoms. The van der Waals surface area contributed by atoms with E-state index in [9.17, 15) is 10.5 Å². The molecule has 0 fully saturated rings. The highest BCUT2D eigenvalue weighted by atomic mass is 15.1. The summed E-state index contributed by atoms with van der Waals surface area (Å²) in [5, 5.41) is 37.9. The standard InChI is InChI=1S/C63H37N5/c1-38-30-32-39(33-31-38)58-62(66-52-25-11-6-19-43(52)44-20-7-12-26-53(44)66)50(36-64)61(51(37-65)63(58)67-54-27-13-8-21-45(54)46-22-9-14-28-55(46)67)68-56-29-15-10-24-49(56)60-57(68)35-34-48-42-18-3-2-16-40(42)41-17-4-5-23-47(41)59(48)60/h2-35H,1H3. The number of fused-ring (bicyclic) bond motifs is 16. The van der Waals surface area contributed by atoms with Gasteiger partial charge in [0.1, 0.15) is 23.3 Å². The summed E-state index contributed by atoms with van der Waals surface area (Å²) >= 11 is 0. The normalized spacial score (nSPS) is 11.9. The van der Waals surface area contributed by atoms with Crippen LogP contribution in [-0.4, -0.2) is 13.7 Å². The number of nitriles is 2. The first kappa shape index (κ1) is 37.9. The van der Waals surface area contributed by atoms with Gasteiger partial charge in [0.2, 0.25) is 0 Å². The van der Waals surface area contributed by atoms with Crippen LogP contribution in [0.1, 0.15) is 16.7 Å². The first-order valence-electron chi connectivity index (χ1n) is 23.0. The Bertz CT molecular complexity index is 4290. The van der Waals surface area contributed by atoms with Crippen molar-refractivity contribution in [1.29, 1.82) is 10.5 Å². The number of para-hydroxylation sites is 5. The predicted molar refractivity (Wildman–Crippen MR) is 282 cm³/mol. The van der Waals surface area contributed by atoms with Crippen molar-refractivity contribution in [3.8, 4) is 40.3 Å². The first-order chi connectivity index (χ1) is 33.6. The van der Waals surface area contributed by atoms with Crippen molar-refractivity contribution in [3.05, 3.63) is 223 Å². The van der Waals surface area contributed by atoms with Crippen LogP contribution in [-0.2, 0) is 0 Å². The van der Waals surface area contributed by atoms with Crippen LogP contribution in [0.15, 0.2) is 206 Å². The fraction of sp³-hybridized carbons (Fsp3) is 0.0159. The molecule has 0 N–H and O–H groups in total. The maximum Gasteiger partial charge on any atom is 0.104 e. The van der Waals surface area contributed by atoms with Gasteiger partial charge in [-0.3, -0.25) is 0 Å². The third kappa shape index (κ3) is 5.02. The summed E-state index contributed by atoms with van der Waals surface area (Å²) in [5.41, 5.74) is 11.3. The number of benzene rings is 11. The topological polar surface area (TPSA) is 62.4 Å². The number of rotatable bonds is 4. The van der Waals surface area contributed by atoms with Crippen molar-refractivity contribution in [2.45, 2.75) is 6.92 Å². The first-order valence-corrected chi connectivity index (χ1v) is 23.0. The second-order valence-corrected chi connectivity index (χ2v) is 17.8. The van der Waals surface area contributed by atoms with Gasteiger partial charge in [0.25, 0.3) is 0 Å². The van der Waals surface area contributed by atoms with Crippen molar-refractivity contribution in [2.24, 2.45) is 0 Å². The van der Waals surface area contributed by atoms with Gasteiger partial charge in [-0.1, -0.05) is 175 Å². The highest BCUT2D eigenvalue weighted by molar-refractivity contribution is 6.35. The molecular weight excluding hydrogens is 827 g/mol. The second-order valence-electron chi connectivity index (χ2n) is 17.8. The van der Waals surface area contributed by atoms with Gasteiger partial charge in [-0.2, -0.15) is 10.5 Å². The van der Waals surface area contributed by atoms with Crippen LogP contribution in [0, 0.1) is 29.6 Å². The molecule has 0 radical (unpaired) electrons. The van der Waals surface area contributed by atoms with Crippen molar-refractivity contribution >= 4 is 97.7 Å². The molecule has 0 aliphatic carbocycles. The Morgan fingerprint density at radius 1 is 0.294 bits per heavy atom. The molecule has 3 heterocycles. The second kappa shape index (κ2) is 14.3. The Morgan fingerprint density at radius 3 is 1.07 bits per heavy atom. The molecule has 0 bridgehead atoms. The van der Waals surface area contributed by atoms with Gasteiger partial charge >= 0.3 is 0 Å². The monoisotopic (exact) mass is 863 g/mol. The molecule has 0 atom stereocenters. The zero-order chi connectivity index (χ0) is 45.2. The summed E-state index contributed by atoms with van der Waals surface area (Å²) in [6, 6.07) is 78.3. The molecule has 0 aliphatic rings. The van der Waals surface area contributed by atoms with E-state index in [2.05, 4.69) is 239 Å². The maximum atomic E-state index is 12.2. The molecule has 3 aromatic heterocycles. The summed E-state index contributed by atoms with van der Waals surface area (Å²) in [4.78, 5) is 0. The predicted octanol–water partition coefficient (Wildman–Crippen LogP) is 16.2.